The van der Waals surface area contributed by atoms with Gasteiger partial charge in [0.25, 0.3) is 0 Å². The normalized spacial score (nSPS) is 16.6. The van der Waals surface area contributed by atoms with E-state index in [1.54, 1.807) is 0 Å². The van der Waals surface area contributed by atoms with Crippen molar-refractivity contribution in [3.05, 3.63) is 58.4 Å². The molecule has 2 aromatic rings. The summed E-state index contributed by atoms with van der Waals surface area (Å²) >= 11 is 5.96. The fraction of sp³-hybridized carbons (Fsp3) is 0.391. The van der Waals surface area contributed by atoms with Gasteiger partial charge in [-0.2, -0.15) is 13.2 Å². The van der Waals surface area contributed by atoms with Gasteiger partial charge in [0.2, 0.25) is 5.91 Å². The first-order valence-electron chi connectivity index (χ1n) is 10.1. The van der Waals surface area contributed by atoms with Crippen molar-refractivity contribution in [2.24, 2.45) is 11.3 Å². The summed E-state index contributed by atoms with van der Waals surface area (Å²) in [5.41, 5.74) is -0.788. The molecule has 0 unspecified atom stereocenters. The van der Waals surface area contributed by atoms with Gasteiger partial charge >= 0.3 is 12.1 Å². The lowest BCUT2D eigenvalue weighted by Gasteiger charge is -2.26. The minimum absolute atomic E-state index is 0.00190. The molecule has 2 N–H and O–H groups in total. The SMILES string of the molecule is COc1cc([C@@H](C(=O)Nc2cc(CC3(C(=O)O)CC3)ccc2F)[C@@H](C)C(F)(F)F)ccc1Cl. The van der Waals surface area contributed by atoms with E-state index in [1.165, 1.54) is 37.4 Å². The summed E-state index contributed by atoms with van der Waals surface area (Å²) in [6.45, 7) is 0.863. The van der Waals surface area contributed by atoms with Crippen molar-refractivity contribution < 1.29 is 37.0 Å². The Labute approximate surface area is 192 Å². The Morgan fingerprint density at radius 2 is 1.88 bits per heavy atom. The summed E-state index contributed by atoms with van der Waals surface area (Å²) in [6.07, 6.45) is -3.63. The fourth-order valence-electron chi connectivity index (χ4n) is 3.72. The molecule has 2 atom stereocenters. The summed E-state index contributed by atoms with van der Waals surface area (Å²) < 4.78 is 60.2. The summed E-state index contributed by atoms with van der Waals surface area (Å²) in [4.78, 5) is 24.4. The third kappa shape index (κ3) is 5.40. The van der Waals surface area contributed by atoms with Crippen LogP contribution in [0.25, 0.3) is 0 Å². The average Bonchev–Trinajstić information content (AvgIpc) is 3.52. The number of alkyl halides is 3. The molecule has 0 saturated heterocycles. The van der Waals surface area contributed by atoms with Crippen LogP contribution < -0.4 is 10.1 Å². The molecule has 178 valence electrons. The highest BCUT2D eigenvalue weighted by atomic mass is 35.5. The minimum atomic E-state index is -4.71. The van der Waals surface area contributed by atoms with E-state index in [-0.39, 0.29) is 28.4 Å². The van der Waals surface area contributed by atoms with Crippen molar-refractivity contribution >= 4 is 29.2 Å². The number of amides is 1. The van der Waals surface area contributed by atoms with Crippen LogP contribution in [0.1, 0.15) is 36.8 Å². The number of carboxylic acids is 1. The molecule has 0 aliphatic heterocycles. The van der Waals surface area contributed by atoms with Gasteiger partial charge in [-0.25, -0.2) is 4.39 Å². The Bertz CT molecular complexity index is 1070. The van der Waals surface area contributed by atoms with Crippen LogP contribution in [0, 0.1) is 17.2 Å². The van der Waals surface area contributed by atoms with Crippen molar-refractivity contribution in [3.63, 3.8) is 0 Å². The van der Waals surface area contributed by atoms with Crippen LogP contribution in [0.2, 0.25) is 5.02 Å². The molecule has 0 bridgehead atoms. The largest absolute Gasteiger partial charge is 0.495 e. The van der Waals surface area contributed by atoms with Crippen LogP contribution in [0.15, 0.2) is 36.4 Å². The number of hydrogen-bond acceptors (Lipinski definition) is 3. The lowest BCUT2D eigenvalue weighted by atomic mass is 9.85. The topological polar surface area (TPSA) is 75.6 Å². The van der Waals surface area contributed by atoms with Crippen LogP contribution >= 0.6 is 11.6 Å². The Kier molecular flexibility index (Phi) is 6.93. The van der Waals surface area contributed by atoms with E-state index >= 15 is 0 Å². The third-order valence-corrected chi connectivity index (χ3v) is 6.28. The predicted molar refractivity (Wildman–Crippen MR) is 114 cm³/mol. The summed E-state index contributed by atoms with van der Waals surface area (Å²) in [7, 11) is 1.29. The summed E-state index contributed by atoms with van der Waals surface area (Å²) in [5.74, 6) is -6.60. The zero-order valence-electron chi connectivity index (χ0n) is 17.8. The number of ether oxygens (including phenoxy) is 1. The number of halogens is 5. The van der Waals surface area contributed by atoms with Gasteiger partial charge in [-0.3, -0.25) is 9.59 Å². The maximum atomic E-state index is 14.4. The maximum absolute atomic E-state index is 14.4. The first-order valence-corrected chi connectivity index (χ1v) is 10.5. The summed E-state index contributed by atoms with van der Waals surface area (Å²) in [6, 6.07) is 7.55. The number of anilines is 1. The zero-order valence-corrected chi connectivity index (χ0v) is 18.6. The van der Waals surface area contributed by atoms with E-state index in [0.29, 0.717) is 18.4 Å². The molecule has 1 saturated carbocycles. The van der Waals surface area contributed by atoms with Gasteiger partial charge in [-0.1, -0.05) is 30.7 Å². The number of carbonyl (C=O) groups is 2. The molecule has 0 radical (unpaired) electrons. The molecule has 33 heavy (non-hydrogen) atoms. The highest BCUT2D eigenvalue weighted by molar-refractivity contribution is 6.32. The molecule has 1 amide bonds. The smallest absolute Gasteiger partial charge is 0.392 e. The van der Waals surface area contributed by atoms with E-state index in [2.05, 4.69) is 5.32 Å². The quantitative estimate of drug-likeness (QED) is 0.460. The van der Waals surface area contributed by atoms with Crippen LogP contribution in [-0.2, 0) is 16.0 Å². The van der Waals surface area contributed by atoms with Crippen molar-refractivity contribution in [3.8, 4) is 5.75 Å². The Hall–Kier alpha value is -2.81. The second kappa shape index (κ2) is 9.21. The number of nitrogens with one attached hydrogen (secondary N) is 1. The Morgan fingerprint density at radius 3 is 2.42 bits per heavy atom. The number of carboxylic acid groups (broad SMARTS) is 1. The van der Waals surface area contributed by atoms with Crippen molar-refractivity contribution in [2.45, 2.75) is 38.3 Å². The van der Waals surface area contributed by atoms with Crippen molar-refractivity contribution in [1.82, 2.24) is 0 Å². The molecule has 0 spiro atoms. The van der Waals surface area contributed by atoms with E-state index in [1.807, 2.05) is 0 Å². The molecule has 1 aliphatic rings. The van der Waals surface area contributed by atoms with E-state index in [4.69, 9.17) is 16.3 Å². The number of benzene rings is 2. The van der Waals surface area contributed by atoms with Gasteiger partial charge in [-0.15, -0.1) is 0 Å². The molecule has 5 nitrogen and oxygen atoms in total. The molecular formula is C23H22ClF4NO4. The molecular weight excluding hydrogens is 466 g/mol. The van der Waals surface area contributed by atoms with Gasteiger partial charge in [0.1, 0.15) is 11.6 Å². The zero-order chi connectivity index (χ0) is 24.6. The molecule has 3 rings (SSSR count). The molecule has 0 heterocycles. The lowest BCUT2D eigenvalue weighted by molar-refractivity contribution is -0.178. The van der Waals surface area contributed by atoms with Gasteiger partial charge in [-0.05, 0) is 54.7 Å². The predicted octanol–water partition coefficient (Wildman–Crippen LogP) is 5.82. The monoisotopic (exact) mass is 487 g/mol. The van der Waals surface area contributed by atoms with Crippen LogP contribution in [0.3, 0.4) is 0 Å². The van der Waals surface area contributed by atoms with Gasteiger partial charge in [0.15, 0.2) is 0 Å². The molecule has 0 aromatic heterocycles. The van der Waals surface area contributed by atoms with E-state index < -0.39 is 41.1 Å². The fourth-order valence-corrected chi connectivity index (χ4v) is 3.92. The first-order chi connectivity index (χ1) is 15.4. The first kappa shape index (κ1) is 24.8. The Morgan fingerprint density at radius 1 is 1.21 bits per heavy atom. The lowest BCUT2D eigenvalue weighted by Crippen LogP contribution is -2.34. The number of carbonyl (C=O) groups excluding carboxylic acids is 1. The second-order valence-corrected chi connectivity index (χ2v) is 8.67. The molecule has 2 aromatic carbocycles. The third-order valence-electron chi connectivity index (χ3n) is 5.97. The maximum Gasteiger partial charge on any atom is 0.392 e. The van der Waals surface area contributed by atoms with Crippen LogP contribution in [-0.4, -0.2) is 30.3 Å². The molecule has 10 heteroatoms. The van der Waals surface area contributed by atoms with E-state index in [9.17, 15) is 32.3 Å². The highest BCUT2D eigenvalue weighted by Crippen LogP contribution is 2.49. The molecule has 1 aliphatic carbocycles. The second-order valence-electron chi connectivity index (χ2n) is 8.27. The van der Waals surface area contributed by atoms with Gasteiger partial charge in [0.05, 0.1) is 35.1 Å². The Balaban J connectivity index is 1.93. The average molecular weight is 488 g/mol. The van der Waals surface area contributed by atoms with Crippen LogP contribution in [0.5, 0.6) is 5.75 Å². The van der Waals surface area contributed by atoms with Crippen LogP contribution in [0.4, 0.5) is 23.2 Å². The number of aliphatic carboxylic acids is 1. The number of rotatable bonds is 8. The van der Waals surface area contributed by atoms with Gasteiger partial charge in [0, 0.05) is 0 Å². The van der Waals surface area contributed by atoms with Crippen molar-refractivity contribution in [2.75, 3.05) is 12.4 Å². The summed E-state index contributed by atoms with van der Waals surface area (Å²) in [5, 5.41) is 11.8. The minimum Gasteiger partial charge on any atom is -0.495 e. The van der Waals surface area contributed by atoms with E-state index in [0.717, 1.165) is 13.0 Å². The number of hydrogen-bond donors (Lipinski definition) is 2. The molecule has 1 fully saturated rings. The standard InChI is InChI=1S/C23H22ClF4NO4/c1-12(23(26,27)28)19(14-4-5-15(24)18(10-14)33-2)20(30)29-17-9-13(3-6-16(17)25)11-22(7-8-22)21(31)32/h3-6,9-10,12,19H,7-8,11H2,1-2H3,(H,29,30)(H,31,32)/t12-,19+/m1/s1. The van der Waals surface area contributed by atoms with Crippen molar-refractivity contribution in [1.29, 1.82) is 0 Å². The van der Waals surface area contributed by atoms with Gasteiger partial charge < -0.3 is 15.2 Å². The highest BCUT2D eigenvalue weighted by Gasteiger charge is 2.50. The number of methoxy groups -OCH3 is 1.